The summed E-state index contributed by atoms with van der Waals surface area (Å²) in [6.45, 7) is 2.01. The highest BCUT2D eigenvalue weighted by atomic mass is 31.2. The number of fused-ring (bicyclic) bond motifs is 1. The monoisotopic (exact) mass is 433 g/mol. The van der Waals surface area contributed by atoms with E-state index in [0.29, 0.717) is 13.0 Å². The lowest BCUT2D eigenvalue weighted by Crippen LogP contribution is -2.34. The number of nitrogens with zero attached hydrogens (tertiary/aromatic N) is 3. The van der Waals surface area contributed by atoms with E-state index in [1.807, 2.05) is 6.92 Å². The van der Waals surface area contributed by atoms with Gasteiger partial charge in [0.05, 0.1) is 13.7 Å². The van der Waals surface area contributed by atoms with E-state index in [-0.39, 0.29) is 23.7 Å². The summed E-state index contributed by atoms with van der Waals surface area (Å²) in [5.74, 6) is -0.0987. The van der Waals surface area contributed by atoms with Gasteiger partial charge in [-0.2, -0.15) is 9.55 Å². The van der Waals surface area contributed by atoms with E-state index in [1.165, 1.54) is 22.6 Å². The van der Waals surface area contributed by atoms with Crippen LogP contribution < -0.4 is 20.9 Å². The van der Waals surface area contributed by atoms with Crippen LogP contribution in [0, 0.1) is 0 Å². The number of hydrogen-bond acceptors (Lipinski definition) is 9. The molecule has 0 saturated carbocycles. The number of aliphatic hydroxyl groups is 2. The quantitative estimate of drug-likeness (QED) is 0.244. The van der Waals surface area contributed by atoms with Crippen molar-refractivity contribution in [3.8, 4) is 0 Å². The second-order valence-corrected chi connectivity index (χ2v) is 8.62. The van der Waals surface area contributed by atoms with Crippen LogP contribution in [0.2, 0.25) is 0 Å². The zero-order chi connectivity index (χ0) is 21.3. The maximum Gasteiger partial charge on any atom is 0.405 e. The number of H-pyrrole nitrogens is 1. The lowest BCUT2D eigenvalue weighted by molar-refractivity contribution is -0.646. The summed E-state index contributed by atoms with van der Waals surface area (Å²) in [5.41, 5.74) is 5.57. The molecule has 3 unspecified atom stereocenters. The van der Waals surface area contributed by atoms with Crippen LogP contribution in [-0.4, -0.2) is 63.3 Å². The van der Waals surface area contributed by atoms with E-state index < -0.39 is 37.8 Å². The molecule has 1 fully saturated rings. The molecule has 1 saturated heterocycles. The molecule has 162 valence electrons. The Morgan fingerprint density at radius 1 is 1.48 bits per heavy atom. The van der Waals surface area contributed by atoms with Crippen molar-refractivity contribution >= 4 is 24.9 Å². The first-order valence-corrected chi connectivity index (χ1v) is 10.6. The molecule has 0 spiro atoms. The number of aromatic nitrogens is 4. The minimum atomic E-state index is -3.56. The fourth-order valence-corrected chi connectivity index (χ4v) is 4.30. The fourth-order valence-electron chi connectivity index (χ4n) is 3.14. The zero-order valence-electron chi connectivity index (χ0n) is 16.3. The van der Waals surface area contributed by atoms with Crippen LogP contribution in [0.25, 0.3) is 11.2 Å². The number of anilines is 1. The van der Waals surface area contributed by atoms with E-state index in [9.17, 15) is 19.6 Å². The van der Waals surface area contributed by atoms with Crippen LogP contribution in [0.1, 0.15) is 19.6 Å². The van der Waals surface area contributed by atoms with Crippen molar-refractivity contribution in [1.82, 2.24) is 19.6 Å². The van der Waals surface area contributed by atoms with Gasteiger partial charge in [-0.3, -0.25) is 14.3 Å². The van der Waals surface area contributed by atoms with Crippen molar-refractivity contribution in [2.75, 3.05) is 26.0 Å². The summed E-state index contributed by atoms with van der Waals surface area (Å²) < 4.78 is 31.3. The molecule has 0 aliphatic carbocycles. The first-order chi connectivity index (χ1) is 13.7. The van der Waals surface area contributed by atoms with E-state index in [4.69, 9.17) is 19.5 Å². The molecule has 0 amide bonds. The Morgan fingerprint density at radius 2 is 2.21 bits per heavy atom. The number of nitrogens with one attached hydrogen (secondary N) is 2. The Balaban J connectivity index is 1.83. The molecule has 29 heavy (non-hydrogen) atoms. The van der Waals surface area contributed by atoms with Gasteiger partial charge in [-0.1, -0.05) is 6.92 Å². The molecule has 0 radical (unpaired) electrons. The number of aromatic amines is 1. The minimum Gasteiger partial charge on any atom is -0.387 e. The van der Waals surface area contributed by atoms with Gasteiger partial charge in [-0.05, 0) is 6.42 Å². The highest BCUT2D eigenvalue weighted by Gasteiger charge is 2.48. The number of hydrogen-bond donors (Lipinski definition) is 5. The van der Waals surface area contributed by atoms with Gasteiger partial charge in [0, 0.05) is 13.7 Å². The predicted molar refractivity (Wildman–Crippen MR) is 101 cm³/mol. The van der Waals surface area contributed by atoms with Crippen molar-refractivity contribution in [2.24, 2.45) is 7.05 Å². The van der Waals surface area contributed by atoms with Crippen LogP contribution >= 0.6 is 7.75 Å². The summed E-state index contributed by atoms with van der Waals surface area (Å²) in [6.07, 6.45) is -2.54. The maximum atomic E-state index is 12.5. The molecule has 13 nitrogen and oxygen atoms in total. The number of rotatable bonds is 8. The maximum absolute atomic E-state index is 12.5. The molecule has 0 bridgehead atoms. The SMILES string of the molecule is CCCNP(=O)(OC)OC[C@H]1O[C@@H](n2c[n+](C)c3c(=O)[nH]c(N)nc32)C(O)C1O. The summed E-state index contributed by atoms with van der Waals surface area (Å²) >= 11 is 0. The molecule has 3 heterocycles. The van der Waals surface area contributed by atoms with Gasteiger partial charge in [0.15, 0.2) is 0 Å². The molecule has 2 aromatic rings. The third kappa shape index (κ3) is 4.21. The lowest BCUT2D eigenvalue weighted by Gasteiger charge is -2.20. The van der Waals surface area contributed by atoms with Gasteiger partial charge in [0.25, 0.3) is 11.2 Å². The van der Waals surface area contributed by atoms with Gasteiger partial charge in [0.1, 0.15) is 18.3 Å². The number of ether oxygens (including phenoxy) is 1. The van der Waals surface area contributed by atoms with Crippen LogP contribution in [0.4, 0.5) is 5.95 Å². The van der Waals surface area contributed by atoms with Crippen LogP contribution in [0.5, 0.6) is 0 Å². The zero-order valence-corrected chi connectivity index (χ0v) is 17.2. The number of aryl methyl sites for hydroxylation is 1. The van der Waals surface area contributed by atoms with E-state index in [0.717, 1.165) is 0 Å². The van der Waals surface area contributed by atoms with Gasteiger partial charge in [0.2, 0.25) is 18.5 Å². The van der Waals surface area contributed by atoms with Crippen molar-refractivity contribution < 1.29 is 33.1 Å². The number of nitrogen functional groups attached to an aromatic ring is 1. The summed E-state index contributed by atoms with van der Waals surface area (Å²) in [7, 11) is -0.697. The Morgan fingerprint density at radius 3 is 2.86 bits per heavy atom. The third-order valence-electron chi connectivity index (χ3n) is 4.61. The van der Waals surface area contributed by atoms with Gasteiger partial charge < -0.3 is 25.2 Å². The smallest absolute Gasteiger partial charge is 0.387 e. The van der Waals surface area contributed by atoms with E-state index in [2.05, 4.69) is 15.1 Å². The molecule has 14 heteroatoms. The average Bonchev–Trinajstić information content (AvgIpc) is 3.15. The standard InChI is InChI=1S/C15H25N6O7P/c1-4-5-17-29(25,26-3)27-6-8-10(22)11(23)14(28-8)21-7-20(2)9-12(21)18-15(16)19-13(9)24/h7-8,10-11,14,22-23H,4-6H2,1-3H3,(H3-,16,17,18,19,24,25)/p+1/t8-,10?,11?,14-,29?/m1/s1. The van der Waals surface area contributed by atoms with Crippen LogP contribution in [-0.2, 0) is 25.4 Å². The van der Waals surface area contributed by atoms with Crippen molar-refractivity contribution in [3.05, 3.63) is 16.7 Å². The average molecular weight is 433 g/mol. The summed E-state index contributed by atoms with van der Waals surface area (Å²) in [5, 5.41) is 23.5. The molecular weight excluding hydrogens is 407 g/mol. The summed E-state index contributed by atoms with van der Waals surface area (Å²) in [6, 6.07) is 0. The largest absolute Gasteiger partial charge is 0.405 e. The highest BCUT2D eigenvalue weighted by Crippen LogP contribution is 2.43. The van der Waals surface area contributed by atoms with Crippen molar-refractivity contribution in [1.29, 1.82) is 0 Å². The Bertz CT molecular complexity index is 978. The van der Waals surface area contributed by atoms with Crippen LogP contribution in [0.15, 0.2) is 11.1 Å². The van der Waals surface area contributed by atoms with Crippen molar-refractivity contribution in [3.63, 3.8) is 0 Å². The number of imidazole rings is 1. The Labute approximate surface area is 166 Å². The Kier molecular flexibility index (Phi) is 6.39. The van der Waals surface area contributed by atoms with E-state index >= 15 is 0 Å². The third-order valence-corrected chi connectivity index (χ3v) is 6.19. The summed E-state index contributed by atoms with van der Waals surface area (Å²) in [4.78, 5) is 18.7. The molecule has 5 atom stereocenters. The van der Waals surface area contributed by atoms with Gasteiger partial charge >= 0.3 is 13.3 Å². The topological polar surface area (TPSA) is 178 Å². The predicted octanol–water partition coefficient (Wildman–Crippen LogP) is -1.48. The second-order valence-electron chi connectivity index (χ2n) is 6.69. The van der Waals surface area contributed by atoms with Gasteiger partial charge in [-0.25, -0.2) is 14.2 Å². The van der Waals surface area contributed by atoms with Crippen LogP contribution in [0.3, 0.4) is 0 Å². The molecule has 0 aromatic carbocycles. The molecule has 3 rings (SSSR count). The first kappa shape index (κ1) is 21.8. The molecule has 6 N–H and O–H groups in total. The first-order valence-electron chi connectivity index (χ1n) is 9.03. The minimum absolute atomic E-state index is 0.0987. The fraction of sp³-hybridized carbons (Fsp3) is 0.667. The molecule has 1 aliphatic rings. The lowest BCUT2D eigenvalue weighted by atomic mass is 10.1. The molecule has 2 aromatic heterocycles. The molecule has 1 aliphatic heterocycles. The normalized spacial score (nSPS) is 26.8. The van der Waals surface area contributed by atoms with Gasteiger partial charge in [-0.15, -0.1) is 0 Å². The highest BCUT2D eigenvalue weighted by molar-refractivity contribution is 7.51. The van der Waals surface area contributed by atoms with Crippen molar-refractivity contribution in [2.45, 2.75) is 37.9 Å². The van der Waals surface area contributed by atoms with E-state index in [1.54, 1.807) is 7.05 Å². The molecular formula is C15H26N6O7P+. The number of aliphatic hydroxyl groups excluding tert-OH is 2. The Hall–Kier alpha value is -1.86. The second kappa shape index (κ2) is 8.48. The number of nitrogens with two attached hydrogens (primary N) is 1.